The molecular formula is C11H20O2. The van der Waals surface area contributed by atoms with Gasteiger partial charge >= 0.3 is 0 Å². The van der Waals surface area contributed by atoms with Crippen molar-refractivity contribution in [2.24, 2.45) is 0 Å². The molecule has 0 spiro atoms. The zero-order chi connectivity index (χ0) is 9.52. The summed E-state index contributed by atoms with van der Waals surface area (Å²) in [6, 6.07) is 0. The summed E-state index contributed by atoms with van der Waals surface area (Å²) in [6.07, 6.45) is 9.79. The lowest BCUT2D eigenvalue weighted by molar-refractivity contribution is -0.0987. The number of allylic oxidation sites excluding steroid dienone is 1. The lowest BCUT2D eigenvalue weighted by Gasteiger charge is -2.15. The van der Waals surface area contributed by atoms with Crippen molar-refractivity contribution in [2.45, 2.75) is 44.8 Å². The monoisotopic (exact) mass is 184 g/mol. The largest absolute Gasteiger partial charge is 0.356 e. The summed E-state index contributed by atoms with van der Waals surface area (Å²) in [5, 5.41) is 0. The van der Waals surface area contributed by atoms with Crippen LogP contribution < -0.4 is 0 Å². The van der Waals surface area contributed by atoms with Crippen LogP contribution in [0, 0.1) is 0 Å². The second-order valence-electron chi connectivity index (χ2n) is 3.56. The van der Waals surface area contributed by atoms with Crippen molar-refractivity contribution in [3.63, 3.8) is 0 Å². The van der Waals surface area contributed by atoms with Crippen LogP contribution >= 0.6 is 0 Å². The van der Waals surface area contributed by atoms with Gasteiger partial charge in [0.2, 0.25) is 0 Å². The molecule has 0 saturated heterocycles. The van der Waals surface area contributed by atoms with Crippen molar-refractivity contribution >= 4 is 0 Å². The Hall–Kier alpha value is -0.340. The van der Waals surface area contributed by atoms with E-state index in [1.807, 2.05) is 0 Å². The van der Waals surface area contributed by atoms with Gasteiger partial charge in [0, 0.05) is 20.6 Å². The highest BCUT2D eigenvalue weighted by Crippen LogP contribution is 2.23. The summed E-state index contributed by atoms with van der Waals surface area (Å²) < 4.78 is 10.2. The average Bonchev–Trinajstić information content (AvgIpc) is 2.21. The van der Waals surface area contributed by atoms with Gasteiger partial charge in [-0.15, -0.1) is 0 Å². The van der Waals surface area contributed by atoms with E-state index in [0.29, 0.717) is 0 Å². The van der Waals surface area contributed by atoms with Gasteiger partial charge in [0.05, 0.1) is 0 Å². The minimum atomic E-state index is -0.0607. The van der Waals surface area contributed by atoms with Crippen molar-refractivity contribution in [3.8, 4) is 0 Å². The molecule has 13 heavy (non-hydrogen) atoms. The number of methoxy groups -OCH3 is 2. The van der Waals surface area contributed by atoms with Crippen LogP contribution in [0.5, 0.6) is 0 Å². The molecule has 0 N–H and O–H groups in total. The van der Waals surface area contributed by atoms with Crippen molar-refractivity contribution in [1.82, 2.24) is 0 Å². The Morgan fingerprint density at radius 2 is 1.77 bits per heavy atom. The van der Waals surface area contributed by atoms with Gasteiger partial charge < -0.3 is 9.47 Å². The number of rotatable bonds is 4. The van der Waals surface area contributed by atoms with Gasteiger partial charge in [-0.05, 0) is 25.7 Å². The van der Waals surface area contributed by atoms with E-state index in [1.54, 1.807) is 19.8 Å². The van der Waals surface area contributed by atoms with E-state index in [-0.39, 0.29) is 6.29 Å². The van der Waals surface area contributed by atoms with E-state index < -0.39 is 0 Å². The molecule has 0 amide bonds. The Bertz CT molecular complexity index is 151. The lowest BCUT2D eigenvalue weighted by atomic mass is 9.94. The Morgan fingerprint density at radius 3 is 2.31 bits per heavy atom. The predicted molar refractivity (Wildman–Crippen MR) is 53.6 cm³/mol. The molecule has 1 aliphatic rings. The smallest absolute Gasteiger partial charge is 0.160 e. The fraction of sp³-hybridized carbons (Fsp3) is 0.818. The quantitative estimate of drug-likeness (QED) is 0.494. The molecule has 0 unspecified atom stereocenters. The Morgan fingerprint density at radius 1 is 1.15 bits per heavy atom. The van der Waals surface area contributed by atoms with Crippen molar-refractivity contribution in [1.29, 1.82) is 0 Å². The third-order valence-corrected chi connectivity index (χ3v) is 2.62. The first-order chi connectivity index (χ1) is 6.36. The minimum absolute atomic E-state index is 0.0607. The molecule has 2 heteroatoms. The first-order valence-corrected chi connectivity index (χ1v) is 5.10. The van der Waals surface area contributed by atoms with E-state index in [1.165, 1.54) is 32.1 Å². The number of hydrogen-bond donors (Lipinski definition) is 0. The summed E-state index contributed by atoms with van der Waals surface area (Å²) in [6.45, 7) is 0. The normalized spacial score (nSPS) is 17.9. The Balaban J connectivity index is 2.27. The standard InChI is InChI=1S/C11H20O2/c1-12-11(13-2)9-8-10-6-4-3-5-7-10/h8,11H,3-7,9H2,1-2H3. The van der Waals surface area contributed by atoms with Crippen molar-refractivity contribution in [2.75, 3.05) is 14.2 Å². The maximum atomic E-state index is 5.12. The predicted octanol–water partition coefficient (Wildman–Crippen LogP) is 2.89. The van der Waals surface area contributed by atoms with Gasteiger partial charge in [-0.2, -0.15) is 0 Å². The van der Waals surface area contributed by atoms with Crippen LogP contribution in [0.3, 0.4) is 0 Å². The highest BCUT2D eigenvalue weighted by Gasteiger charge is 2.07. The molecule has 0 heterocycles. The second-order valence-corrected chi connectivity index (χ2v) is 3.56. The molecule has 76 valence electrons. The highest BCUT2D eigenvalue weighted by molar-refractivity contribution is 5.04. The van der Waals surface area contributed by atoms with Crippen LogP contribution in [0.15, 0.2) is 11.6 Å². The molecule has 0 aromatic carbocycles. The first-order valence-electron chi connectivity index (χ1n) is 5.10. The van der Waals surface area contributed by atoms with Gasteiger partial charge in [0.15, 0.2) is 6.29 Å². The van der Waals surface area contributed by atoms with E-state index in [9.17, 15) is 0 Å². The summed E-state index contributed by atoms with van der Waals surface area (Å²) >= 11 is 0. The lowest BCUT2D eigenvalue weighted by Crippen LogP contribution is -2.11. The second kappa shape index (κ2) is 6.17. The van der Waals surface area contributed by atoms with Gasteiger partial charge in [0.1, 0.15) is 0 Å². The Kier molecular flexibility index (Phi) is 5.09. The van der Waals surface area contributed by atoms with Crippen molar-refractivity contribution in [3.05, 3.63) is 11.6 Å². The Labute approximate surface area is 80.9 Å². The van der Waals surface area contributed by atoms with E-state index in [4.69, 9.17) is 9.47 Å². The maximum absolute atomic E-state index is 5.12. The molecule has 1 fully saturated rings. The summed E-state index contributed by atoms with van der Waals surface area (Å²) in [5.41, 5.74) is 1.59. The molecule has 0 atom stereocenters. The first kappa shape index (κ1) is 10.7. The molecule has 0 aromatic rings. The fourth-order valence-electron chi connectivity index (χ4n) is 1.76. The van der Waals surface area contributed by atoms with E-state index in [0.717, 1.165) is 6.42 Å². The number of ether oxygens (including phenoxy) is 2. The van der Waals surface area contributed by atoms with Crippen LogP contribution in [-0.4, -0.2) is 20.5 Å². The molecule has 1 rings (SSSR count). The van der Waals surface area contributed by atoms with Crippen LogP contribution in [0.25, 0.3) is 0 Å². The van der Waals surface area contributed by atoms with Crippen molar-refractivity contribution < 1.29 is 9.47 Å². The molecule has 0 radical (unpaired) electrons. The van der Waals surface area contributed by atoms with Gasteiger partial charge in [-0.3, -0.25) is 0 Å². The van der Waals surface area contributed by atoms with E-state index in [2.05, 4.69) is 6.08 Å². The molecular weight excluding hydrogens is 164 g/mol. The van der Waals surface area contributed by atoms with Gasteiger partial charge in [-0.25, -0.2) is 0 Å². The zero-order valence-corrected chi connectivity index (χ0v) is 8.71. The molecule has 2 nitrogen and oxygen atoms in total. The minimum Gasteiger partial charge on any atom is -0.356 e. The van der Waals surface area contributed by atoms with Gasteiger partial charge in [-0.1, -0.05) is 18.1 Å². The maximum Gasteiger partial charge on any atom is 0.160 e. The van der Waals surface area contributed by atoms with Gasteiger partial charge in [0.25, 0.3) is 0 Å². The average molecular weight is 184 g/mol. The van der Waals surface area contributed by atoms with Crippen LogP contribution in [0.4, 0.5) is 0 Å². The SMILES string of the molecule is COC(CC=C1CCCCC1)OC. The molecule has 0 aliphatic heterocycles. The zero-order valence-electron chi connectivity index (χ0n) is 8.71. The third-order valence-electron chi connectivity index (χ3n) is 2.62. The summed E-state index contributed by atoms with van der Waals surface area (Å²) in [7, 11) is 3.38. The molecule has 1 saturated carbocycles. The molecule has 1 aliphatic carbocycles. The van der Waals surface area contributed by atoms with E-state index >= 15 is 0 Å². The molecule has 0 bridgehead atoms. The summed E-state index contributed by atoms with van der Waals surface area (Å²) in [4.78, 5) is 0. The van der Waals surface area contributed by atoms with Crippen LogP contribution in [0.1, 0.15) is 38.5 Å². The third kappa shape index (κ3) is 3.92. The fourth-order valence-corrected chi connectivity index (χ4v) is 1.76. The van der Waals surface area contributed by atoms with Crippen LogP contribution in [0.2, 0.25) is 0 Å². The number of hydrogen-bond acceptors (Lipinski definition) is 2. The topological polar surface area (TPSA) is 18.5 Å². The highest BCUT2D eigenvalue weighted by atomic mass is 16.7. The summed E-state index contributed by atoms with van der Waals surface area (Å²) in [5.74, 6) is 0. The molecule has 0 aromatic heterocycles. The van der Waals surface area contributed by atoms with Crippen LogP contribution in [-0.2, 0) is 9.47 Å².